The highest BCUT2D eigenvalue weighted by molar-refractivity contribution is 5.84. The molecular formula is C17H15NO. The number of fused-ring (bicyclic) bond motifs is 2. The van der Waals surface area contributed by atoms with E-state index in [1.165, 1.54) is 22.2 Å². The molecule has 0 atom stereocenters. The molecule has 2 heterocycles. The Hall–Kier alpha value is -2.22. The first-order valence-electron chi connectivity index (χ1n) is 6.67. The first-order valence-corrected chi connectivity index (χ1v) is 6.67. The van der Waals surface area contributed by atoms with Gasteiger partial charge in [-0.1, -0.05) is 11.6 Å². The van der Waals surface area contributed by atoms with E-state index in [9.17, 15) is 0 Å². The molecule has 0 spiro atoms. The lowest BCUT2D eigenvalue weighted by molar-refractivity contribution is 0.631. The van der Waals surface area contributed by atoms with E-state index in [2.05, 4.69) is 48.6 Å². The highest BCUT2D eigenvalue weighted by Gasteiger charge is 2.12. The van der Waals surface area contributed by atoms with Crippen LogP contribution in [0.4, 0.5) is 5.69 Å². The molecule has 2 aromatic carbocycles. The van der Waals surface area contributed by atoms with Crippen molar-refractivity contribution < 1.29 is 4.42 Å². The minimum absolute atomic E-state index is 0.954. The van der Waals surface area contributed by atoms with E-state index in [-0.39, 0.29) is 0 Å². The maximum absolute atomic E-state index is 5.95. The molecule has 1 N–H and O–H groups in total. The molecule has 0 unspecified atom stereocenters. The highest BCUT2D eigenvalue weighted by atomic mass is 16.3. The fourth-order valence-electron chi connectivity index (χ4n) is 2.76. The van der Waals surface area contributed by atoms with Crippen molar-refractivity contribution in [1.82, 2.24) is 0 Å². The van der Waals surface area contributed by atoms with Crippen LogP contribution in [-0.2, 0) is 6.42 Å². The van der Waals surface area contributed by atoms with E-state index in [0.717, 1.165) is 29.9 Å². The molecule has 1 aliphatic heterocycles. The van der Waals surface area contributed by atoms with Crippen molar-refractivity contribution in [2.75, 3.05) is 11.9 Å². The molecule has 4 rings (SSSR count). The van der Waals surface area contributed by atoms with Gasteiger partial charge in [-0.3, -0.25) is 0 Å². The number of aryl methyl sites for hydroxylation is 1. The van der Waals surface area contributed by atoms with Crippen LogP contribution in [0.15, 0.2) is 46.9 Å². The van der Waals surface area contributed by atoms with Crippen LogP contribution in [-0.4, -0.2) is 6.54 Å². The predicted octanol–water partition coefficient (Wildman–Crippen LogP) is 4.38. The second kappa shape index (κ2) is 3.89. The molecule has 94 valence electrons. The lowest BCUT2D eigenvalue weighted by Gasteiger charge is -2.01. The van der Waals surface area contributed by atoms with Crippen molar-refractivity contribution in [3.8, 4) is 11.3 Å². The number of anilines is 1. The Morgan fingerprint density at radius 3 is 2.95 bits per heavy atom. The van der Waals surface area contributed by atoms with Crippen LogP contribution in [0.25, 0.3) is 22.3 Å². The van der Waals surface area contributed by atoms with Crippen LogP contribution in [0.1, 0.15) is 11.1 Å². The van der Waals surface area contributed by atoms with Gasteiger partial charge in [-0.05, 0) is 55.3 Å². The molecular weight excluding hydrogens is 234 g/mol. The van der Waals surface area contributed by atoms with Gasteiger partial charge in [-0.15, -0.1) is 0 Å². The molecule has 0 amide bonds. The van der Waals surface area contributed by atoms with Gasteiger partial charge in [0, 0.05) is 23.2 Å². The third-order valence-electron chi connectivity index (χ3n) is 3.77. The predicted molar refractivity (Wildman–Crippen MR) is 78.6 cm³/mol. The molecule has 1 aromatic heterocycles. The zero-order chi connectivity index (χ0) is 12.8. The second-order valence-corrected chi connectivity index (χ2v) is 5.20. The normalized spacial score (nSPS) is 13.5. The van der Waals surface area contributed by atoms with Gasteiger partial charge in [0.2, 0.25) is 0 Å². The first-order chi connectivity index (χ1) is 9.29. The van der Waals surface area contributed by atoms with Crippen molar-refractivity contribution in [2.24, 2.45) is 0 Å². The molecule has 0 saturated heterocycles. The van der Waals surface area contributed by atoms with Gasteiger partial charge in [0.05, 0.1) is 0 Å². The standard InChI is InChI=1S/C17H15NO/c1-11-2-5-16-14(8-11)10-17(19-16)13-3-4-15-12(9-13)6-7-18-15/h2-5,8-10,18H,6-7H2,1H3. The number of benzene rings is 2. The largest absolute Gasteiger partial charge is 0.456 e. The molecule has 3 aromatic rings. The zero-order valence-corrected chi connectivity index (χ0v) is 10.9. The molecule has 2 nitrogen and oxygen atoms in total. The summed E-state index contributed by atoms with van der Waals surface area (Å²) in [5, 5.41) is 4.56. The number of hydrogen-bond donors (Lipinski definition) is 1. The van der Waals surface area contributed by atoms with Crippen molar-refractivity contribution in [3.05, 3.63) is 53.6 Å². The molecule has 19 heavy (non-hydrogen) atoms. The Bertz CT molecular complexity index is 770. The Morgan fingerprint density at radius 2 is 2.00 bits per heavy atom. The Morgan fingerprint density at radius 1 is 1.05 bits per heavy atom. The SMILES string of the molecule is Cc1ccc2oc(-c3ccc4c(c3)CCN4)cc2c1. The summed E-state index contributed by atoms with van der Waals surface area (Å²) in [6.07, 6.45) is 1.10. The van der Waals surface area contributed by atoms with E-state index >= 15 is 0 Å². The van der Waals surface area contributed by atoms with Crippen LogP contribution < -0.4 is 5.32 Å². The fourth-order valence-corrected chi connectivity index (χ4v) is 2.76. The van der Waals surface area contributed by atoms with E-state index in [1.54, 1.807) is 0 Å². The van der Waals surface area contributed by atoms with Crippen molar-refractivity contribution in [2.45, 2.75) is 13.3 Å². The highest BCUT2D eigenvalue weighted by Crippen LogP contribution is 2.32. The summed E-state index contributed by atoms with van der Waals surface area (Å²) in [6.45, 7) is 3.14. The summed E-state index contributed by atoms with van der Waals surface area (Å²) in [5.74, 6) is 0.954. The third-order valence-corrected chi connectivity index (χ3v) is 3.77. The minimum atomic E-state index is 0.954. The van der Waals surface area contributed by atoms with E-state index in [4.69, 9.17) is 4.42 Å². The zero-order valence-electron chi connectivity index (χ0n) is 10.9. The fraction of sp³-hybridized carbons (Fsp3) is 0.176. The molecule has 0 radical (unpaired) electrons. The number of furan rings is 1. The average molecular weight is 249 g/mol. The summed E-state index contributed by atoms with van der Waals surface area (Å²) in [5.41, 5.74) is 6.03. The van der Waals surface area contributed by atoms with Crippen molar-refractivity contribution >= 4 is 16.7 Å². The maximum Gasteiger partial charge on any atom is 0.135 e. The second-order valence-electron chi connectivity index (χ2n) is 5.20. The first kappa shape index (κ1) is 10.7. The van der Waals surface area contributed by atoms with Gasteiger partial charge in [-0.25, -0.2) is 0 Å². The van der Waals surface area contributed by atoms with E-state index < -0.39 is 0 Å². The monoisotopic (exact) mass is 249 g/mol. The number of nitrogens with one attached hydrogen (secondary N) is 1. The van der Waals surface area contributed by atoms with Gasteiger partial charge in [0.15, 0.2) is 0 Å². The molecule has 0 fully saturated rings. The van der Waals surface area contributed by atoms with Crippen LogP contribution in [0.2, 0.25) is 0 Å². The van der Waals surface area contributed by atoms with Crippen LogP contribution in [0.3, 0.4) is 0 Å². The van der Waals surface area contributed by atoms with Crippen LogP contribution >= 0.6 is 0 Å². The molecule has 2 heteroatoms. The van der Waals surface area contributed by atoms with Crippen LogP contribution in [0.5, 0.6) is 0 Å². The van der Waals surface area contributed by atoms with E-state index in [1.807, 2.05) is 6.07 Å². The lowest BCUT2D eigenvalue weighted by atomic mass is 10.1. The number of rotatable bonds is 1. The lowest BCUT2D eigenvalue weighted by Crippen LogP contribution is -1.90. The van der Waals surface area contributed by atoms with Gasteiger partial charge in [0.25, 0.3) is 0 Å². The summed E-state index contributed by atoms with van der Waals surface area (Å²) >= 11 is 0. The Kier molecular flexibility index (Phi) is 2.18. The van der Waals surface area contributed by atoms with Crippen molar-refractivity contribution in [1.29, 1.82) is 0 Å². The molecule has 0 aliphatic carbocycles. The molecule has 0 bridgehead atoms. The number of hydrogen-bond acceptors (Lipinski definition) is 2. The topological polar surface area (TPSA) is 25.2 Å². The molecule has 0 saturated carbocycles. The third kappa shape index (κ3) is 1.72. The smallest absolute Gasteiger partial charge is 0.135 e. The summed E-state index contributed by atoms with van der Waals surface area (Å²) < 4.78 is 5.95. The summed E-state index contributed by atoms with van der Waals surface area (Å²) in [4.78, 5) is 0. The quantitative estimate of drug-likeness (QED) is 0.692. The van der Waals surface area contributed by atoms with E-state index in [0.29, 0.717) is 0 Å². The Balaban J connectivity index is 1.85. The maximum atomic E-state index is 5.95. The van der Waals surface area contributed by atoms with Gasteiger partial charge >= 0.3 is 0 Å². The van der Waals surface area contributed by atoms with Gasteiger partial charge in [-0.2, -0.15) is 0 Å². The van der Waals surface area contributed by atoms with Gasteiger partial charge < -0.3 is 9.73 Å². The van der Waals surface area contributed by atoms with Gasteiger partial charge in [0.1, 0.15) is 11.3 Å². The Labute approximate surface area is 112 Å². The minimum Gasteiger partial charge on any atom is -0.456 e. The molecule has 1 aliphatic rings. The van der Waals surface area contributed by atoms with Crippen molar-refractivity contribution in [3.63, 3.8) is 0 Å². The summed E-state index contributed by atoms with van der Waals surface area (Å²) in [7, 11) is 0. The summed E-state index contributed by atoms with van der Waals surface area (Å²) in [6, 6.07) is 14.9. The average Bonchev–Trinajstić information content (AvgIpc) is 3.02. The van der Waals surface area contributed by atoms with Crippen LogP contribution in [0, 0.1) is 6.92 Å².